The van der Waals surface area contributed by atoms with Crippen molar-refractivity contribution in [3.05, 3.63) is 47.5 Å². The third-order valence-electron chi connectivity index (χ3n) is 3.42. The summed E-state index contributed by atoms with van der Waals surface area (Å²) in [5.41, 5.74) is 2.29. The molecule has 0 spiro atoms. The van der Waals surface area contributed by atoms with Crippen molar-refractivity contribution >= 4 is 11.6 Å². The van der Waals surface area contributed by atoms with Crippen LogP contribution in [0.1, 0.15) is 31.0 Å². The molecule has 1 aromatic carbocycles. The molecule has 1 atom stereocenters. The smallest absolute Gasteiger partial charge is 0.0994 e. The molecule has 2 aromatic rings. The molecule has 4 heteroatoms. The quantitative estimate of drug-likeness (QED) is 0.899. The Kier molecular flexibility index (Phi) is 3.35. The lowest BCUT2D eigenvalue weighted by atomic mass is 10.0. The molecule has 18 heavy (non-hydrogen) atoms. The summed E-state index contributed by atoms with van der Waals surface area (Å²) in [4.78, 5) is 4.28. The summed E-state index contributed by atoms with van der Waals surface area (Å²) in [6.07, 6.45) is 7.52. The van der Waals surface area contributed by atoms with Crippen molar-refractivity contribution in [1.29, 1.82) is 0 Å². The second-order valence-electron chi connectivity index (χ2n) is 4.67. The van der Waals surface area contributed by atoms with Crippen molar-refractivity contribution in [1.82, 2.24) is 14.9 Å². The number of hydrogen-bond acceptors (Lipinski definition) is 2. The minimum absolute atomic E-state index is 0.403. The van der Waals surface area contributed by atoms with Gasteiger partial charge in [0, 0.05) is 16.8 Å². The summed E-state index contributed by atoms with van der Waals surface area (Å²) in [5, 5.41) is 4.31. The Hall–Kier alpha value is -1.32. The van der Waals surface area contributed by atoms with Gasteiger partial charge in [0.05, 0.1) is 18.2 Å². The van der Waals surface area contributed by atoms with E-state index in [0.717, 1.165) is 17.3 Å². The lowest BCUT2D eigenvalue weighted by Crippen LogP contribution is -2.28. The average Bonchev–Trinajstić information content (AvgIpc) is 2.89. The van der Waals surface area contributed by atoms with Crippen LogP contribution in [0.4, 0.5) is 0 Å². The van der Waals surface area contributed by atoms with Crippen molar-refractivity contribution in [3.63, 3.8) is 0 Å². The van der Waals surface area contributed by atoms with Crippen LogP contribution in [0, 0.1) is 0 Å². The molecule has 0 aliphatic carbocycles. The number of halogens is 1. The lowest BCUT2D eigenvalue weighted by Gasteiger charge is -2.24. The first-order valence-electron chi connectivity index (χ1n) is 6.36. The third kappa shape index (κ3) is 2.28. The van der Waals surface area contributed by atoms with E-state index in [1.807, 2.05) is 30.7 Å². The van der Waals surface area contributed by atoms with Crippen LogP contribution in [0.2, 0.25) is 5.02 Å². The topological polar surface area (TPSA) is 29.9 Å². The maximum Gasteiger partial charge on any atom is 0.0994 e. The van der Waals surface area contributed by atoms with E-state index < -0.39 is 0 Å². The van der Waals surface area contributed by atoms with E-state index in [1.165, 1.54) is 25.0 Å². The lowest BCUT2D eigenvalue weighted by molar-refractivity contribution is 0.402. The fraction of sp³-hybridized carbons (Fsp3) is 0.357. The first-order valence-corrected chi connectivity index (χ1v) is 6.74. The van der Waals surface area contributed by atoms with E-state index in [4.69, 9.17) is 11.6 Å². The predicted molar refractivity (Wildman–Crippen MR) is 73.2 cm³/mol. The van der Waals surface area contributed by atoms with Crippen LogP contribution in [-0.4, -0.2) is 16.1 Å². The Morgan fingerprint density at radius 1 is 1.33 bits per heavy atom. The first kappa shape index (κ1) is 11.8. The highest BCUT2D eigenvalue weighted by Crippen LogP contribution is 2.25. The summed E-state index contributed by atoms with van der Waals surface area (Å²) in [6, 6.07) is 8.28. The number of hydrogen-bond donors (Lipinski definition) is 1. The van der Waals surface area contributed by atoms with Crippen LogP contribution < -0.4 is 5.32 Å². The molecule has 1 aliphatic rings. The van der Waals surface area contributed by atoms with E-state index in [0.29, 0.717) is 6.04 Å². The molecule has 0 amide bonds. The predicted octanol–water partition coefficient (Wildman–Crippen LogP) is 3.34. The van der Waals surface area contributed by atoms with Crippen molar-refractivity contribution in [2.24, 2.45) is 0 Å². The van der Waals surface area contributed by atoms with Crippen LogP contribution in [0.25, 0.3) is 5.69 Å². The number of benzene rings is 1. The number of piperidine rings is 1. The van der Waals surface area contributed by atoms with E-state index in [1.54, 1.807) is 0 Å². The van der Waals surface area contributed by atoms with Gasteiger partial charge in [0.2, 0.25) is 0 Å². The Balaban J connectivity index is 1.95. The molecule has 1 aromatic heterocycles. The fourth-order valence-corrected chi connectivity index (χ4v) is 2.69. The van der Waals surface area contributed by atoms with Crippen LogP contribution in [0.3, 0.4) is 0 Å². The number of imidazole rings is 1. The molecular weight excluding hydrogens is 246 g/mol. The SMILES string of the molecule is Clc1cccc(-n2cncc2C2CCCCN2)c1. The monoisotopic (exact) mass is 261 g/mol. The van der Waals surface area contributed by atoms with Gasteiger partial charge in [0.15, 0.2) is 0 Å². The third-order valence-corrected chi connectivity index (χ3v) is 3.66. The second kappa shape index (κ2) is 5.12. The first-order chi connectivity index (χ1) is 8.84. The highest BCUT2D eigenvalue weighted by molar-refractivity contribution is 6.30. The standard InChI is InChI=1S/C14H16ClN3/c15-11-4-3-5-12(8-11)18-10-16-9-14(18)13-6-1-2-7-17-13/h3-5,8-10,13,17H,1-2,6-7H2. The molecule has 0 saturated carbocycles. The highest BCUT2D eigenvalue weighted by atomic mass is 35.5. The van der Waals surface area contributed by atoms with E-state index in [9.17, 15) is 0 Å². The Labute approximate surface area is 112 Å². The Morgan fingerprint density at radius 3 is 3.06 bits per heavy atom. The van der Waals surface area contributed by atoms with E-state index >= 15 is 0 Å². The molecule has 1 N–H and O–H groups in total. The van der Waals surface area contributed by atoms with Gasteiger partial charge in [-0.05, 0) is 37.6 Å². The molecule has 0 radical (unpaired) electrons. The molecular formula is C14H16ClN3. The largest absolute Gasteiger partial charge is 0.309 e. The Morgan fingerprint density at radius 2 is 2.28 bits per heavy atom. The number of nitrogens with zero attached hydrogens (tertiary/aromatic N) is 2. The summed E-state index contributed by atoms with van der Waals surface area (Å²) < 4.78 is 2.12. The van der Waals surface area contributed by atoms with Gasteiger partial charge < -0.3 is 9.88 Å². The summed E-state index contributed by atoms with van der Waals surface area (Å²) in [6.45, 7) is 1.09. The van der Waals surface area contributed by atoms with Gasteiger partial charge in [-0.2, -0.15) is 0 Å². The second-order valence-corrected chi connectivity index (χ2v) is 5.11. The van der Waals surface area contributed by atoms with Gasteiger partial charge in [-0.25, -0.2) is 4.98 Å². The van der Waals surface area contributed by atoms with E-state index in [2.05, 4.69) is 20.9 Å². The molecule has 3 nitrogen and oxygen atoms in total. The number of rotatable bonds is 2. The summed E-state index contributed by atoms with van der Waals surface area (Å²) in [7, 11) is 0. The maximum atomic E-state index is 6.05. The molecule has 1 unspecified atom stereocenters. The van der Waals surface area contributed by atoms with E-state index in [-0.39, 0.29) is 0 Å². The van der Waals surface area contributed by atoms with Gasteiger partial charge >= 0.3 is 0 Å². The minimum Gasteiger partial charge on any atom is -0.309 e. The van der Waals surface area contributed by atoms with Gasteiger partial charge in [-0.15, -0.1) is 0 Å². The minimum atomic E-state index is 0.403. The van der Waals surface area contributed by atoms with Crippen molar-refractivity contribution in [3.8, 4) is 5.69 Å². The molecule has 2 heterocycles. The number of aromatic nitrogens is 2. The molecule has 3 rings (SSSR count). The molecule has 0 bridgehead atoms. The molecule has 1 fully saturated rings. The van der Waals surface area contributed by atoms with Crippen molar-refractivity contribution < 1.29 is 0 Å². The van der Waals surface area contributed by atoms with Crippen LogP contribution in [0.5, 0.6) is 0 Å². The summed E-state index contributed by atoms with van der Waals surface area (Å²) in [5.74, 6) is 0. The molecule has 1 aliphatic heterocycles. The molecule has 1 saturated heterocycles. The van der Waals surface area contributed by atoms with Crippen LogP contribution in [0.15, 0.2) is 36.8 Å². The van der Waals surface area contributed by atoms with Crippen molar-refractivity contribution in [2.45, 2.75) is 25.3 Å². The zero-order valence-electron chi connectivity index (χ0n) is 10.1. The normalized spacial score (nSPS) is 19.9. The Bertz CT molecular complexity index is 529. The van der Waals surface area contributed by atoms with Crippen molar-refractivity contribution in [2.75, 3.05) is 6.54 Å². The van der Waals surface area contributed by atoms with Gasteiger partial charge in [0.1, 0.15) is 0 Å². The average molecular weight is 262 g/mol. The fourth-order valence-electron chi connectivity index (χ4n) is 2.51. The van der Waals surface area contributed by atoms with Gasteiger partial charge in [-0.1, -0.05) is 24.1 Å². The van der Waals surface area contributed by atoms with Crippen LogP contribution in [-0.2, 0) is 0 Å². The molecule has 94 valence electrons. The van der Waals surface area contributed by atoms with Gasteiger partial charge in [0.25, 0.3) is 0 Å². The van der Waals surface area contributed by atoms with Crippen LogP contribution >= 0.6 is 11.6 Å². The number of nitrogens with one attached hydrogen (secondary N) is 1. The zero-order chi connectivity index (χ0) is 12.4. The van der Waals surface area contributed by atoms with Gasteiger partial charge in [-0.3, -0.25) is 0 Å². The maximum absolute atomic E-state index is 6.05. The zero-order valence-corrected chi connectivity index (χ0v) is 10.9. The summed E-state index contributed by atoms with van der Waals surface area (Å²) >= 11 is 6.05. The highest BCUT2D eigenvalue weighted by Gasteiger charge is 2.18.